The molecule has 0 atom stereocenters. The molecule has 0 aromatic heterocycles. The number of anilines is 1. The molecular formula is C10H10ClNO2. The van der Waals surface area contributed by atoms with Gasteiger partial charge in [-0.3, -0.25) is 5.32 Å². The third-order valence-corrected chi connectivity index (χ3v) is 1.67. The molecule has 0 unspecified atom stereocenters. The highest BCUT2D eigenvalue weighted by Crippen LogP contribution is 2.13. The van der Waals surface area contributed by atoms with E-state index < -0.39 is 6.09 Å². The first-order chi connectivity index (χ1) is 6.72. The van der Waals surface area contributed by atoms with Gasteiger partial charge in [-0.2, -0.15) is 0 Å². The standard InChI is InChI=1S/C10H10ClNO2/c1-2-7-14-10(13)12-9-5-3-8(11)4-6-9/h2-6H,1,7H2,(H,12,13). The molecule has 14 heavy (non-hydrogen) atoms. The zero-order valence-corrected chi connectivity index (χ0v) is 8.25. The number of rotatable bonds is 3. The monoisotopic (exact) mass is 211 g/mol. The lowest BCUT2D eigenvalue weighted by Gasteiger charge is -2.04. The fourth-order valence-corrected chi connectivity index (χ4v) is 0.948. The summed E-state index contributed by atoms with van der Waals surface area (Å²) in [7, 11) is 0. The number of hydrogen-bond donors (Lipinski definition) is 1. The van der Waals surface area contributed by atoms with Crippen LogP contribution in [0, 0.1) is 0 Å². The second-order valence-corrected chi connectivity index (χ2v) is 2.96. The number of carbonyl (C=O) groups is 1. The van der Waals surface area contributed by atoms with E-state index in [-0.39, 0.29) is 6.61 Å². The van der Waals surface area contributed by atoms with Crippen LogP contribution in [0.1, 0.15) is 0 Å². The number of amides is 1. The van der Waals surface area contributed by atoms with Gasteiger partial charge in [-0.1, -0.05) is 24.3 Å². The minimum Gasteiger partial charge on any atom is -0.445 e. The van der Waals surface area contributed by atoms with Gasteiger partial charge in [-0.05, 0) is 24.3 Å². The van der Waals surface area contributed by atoms with Crippen molar-refractivity contribution in [3.8, 4) is 0 Å². The lowest BCUT2D eigenvalue weighted by Crippen LogP contribution is -2.13. The van der Waals surface area contributed by atoms with Crippen LogP contribution in [-0.4, -0.2) is 12.7 Å². The first kappa shape index (κ1) is 10.6. The van der Waals surface area contributed by atoms with Crippen LogP contribution < -0.4 is 5.32 Å². The van der Waals surface area contributed by atoms with Crippen LogP contribution in [0.15, 0.2) is 36.9 Å². The van der Waals surface area contributed by atoms with Gasteiger partial charge in [-0.15, -0.1) is 0 Å². The lowest BCUT2D eigenvalue weighted by atomic mass is 10.3. The van der Waals surface area contributed by atoms with Gasteiger partial charge in [0.05, 0.1) is 0 Å². The zero-order valence-electron chi connectivity index (χ0n) is 7.50. The van der Waals surface area contributed by atoms with E-state index in [9.17, 15) is 4.79 Å². The van der Waals surface area contributed by atoms with Crippen molar-refractivity contribution in [3.05, 3.63) is 41.9 Å². The topological polar surface area (TPSA) is 38.3 Å². The van der Waals surface area contributed by atoms with Crippen molar-refractivity contribution in [2.45, 2.75) is 0 Å². The molecule has 1 amide bonds. The van der Waals surface area contributed by atoms with Crippen molar-refractivity contribution >= 4 is 23.4 Å². The Kier molecular flexibility index (Phi) is 4.01. The maximum Gasteiger partial charge on any atom is 0.411 e. The minimum atomic E-state index is -0.507. The van der Waals surface area contributed by atoms with Crippen molar-refractivity contribution in [1.29, 1.82) is 0 Å². The van der Waals surface area contributed by atoms with Crippen LogP contribution in [0.25, 0.3) is 0 Å². The summed E-state index contributed by atoms with van der Waals surface area (Å²) < 4.78 is 4.72. The first-order valence-electron chi connectivity index (χ1n) is 4.02. The molecule has 0 radical (unpaired) electrons. The molecule has 0 bridgehead atoms. The molecule has 0 spiro atoms. The number of carbonyl (C=O) groups excluding carboxylic acids is 1. The highest BCUT2D eigenvalue weighted by atomic mass is 35.5. The van der Waals surface area contributed by atoms with Gasteiger partial charge >= 0.3 is 6.09 Å². The smallest absolute Gasteiger partial charge is 0.411 e. The van der Waals surface area contributed by atoms with E-state index in [1.54, 1.807) is 24.3 Å². The van der Waals surface area contributed by atoms with E-state index in [1.807, 2.05) is 0 Å². The van der Waals surface area contributed by atoms with Crippen LogP contribution in [0.4, 0.5) is 10.5 Å². The van der Waals surface area contributed by atoms with Gasteiger partial charge < -0.3 is 4.74 Å². The molecule has 4 heteroatoms. The average molecular weight is 212 g/mol. The maximum absolute atomic E-state index is 11.0. The summed E-state index contributed by atoms with van der Waals surface area (Å²) in [6.07, 6.45) is 0.994. The molecule has 0 heterocycles. The van der Waals surface area contributed by atoms with Crippen molar-refractivity contribution in [2.75, 3.05) is 11.9 Å². The number of nitrogens with one attached hydrogen (secondary N) is 1. The molecule has 0 aliphatic carbocycles. The van der Waals surface area contributed by atoms with Crippen LogP contribution in [0.3, 0.4) is 0 Å². The summed E-state index contributed by atoms with van der Waals surface area (Å²) in [6, 6.07) is 6.75. The van der Waals surface area contributed by atoms with Gasteiger partial charge in [0.25, 0.3) is 0 Å². The second-order valence-electron chi connectivity index (χ2n) is 2.52. The molecule has 74 valence electrons. The fourth-order valence-electron chi connectivity index (χ4n) is 0.822. The Bertz CT molecular complexity index is 321. The molecular weight excluding hydrogens is 202 g/mol. The Hall–Kier alpha value is -1.48. The van der Waals surface area contributed by atoms with Crippen LogP contribution >= 0.6 is 11.6 Å². The molecule has 0 saturated heterocycles. The number of hydrogen-bond acceptors (Lipinski definition) is 2. The van der Waals surface area contributed by atoms with E-state index in [1.165, 1.54) is 6.08 Å². The summed E-state index contributed by atoms with van der Waals surface area (Å²) in [4.78, 5) is 11.0. The van der Waals surface area contributed by atoms with Crippen LogP contribution in [0.5, 0.6) is 0 Å². The molecule has 3 nitrogen and oxygen atoms in total. The predicted molar refractivity (Wildman–Crippen MR) is 56.6 cm³/mol. The van der Waals surface area contributed by atoms with Gasteiger partial charge in [0, 0.05) is 10.7 Å². The highest BCUT2D eigenvalue weighted by Gasteiger charge is 2.00. The van der Waals surface area contributed by atoms with E-state index in [0.717, 1.165) is 0 Å². The molecule has 1 aromatic rings. The summed E-state index contributed by atoms with van der Waals surface area (Å²) in [5.74, 6) is 0. The zero-order chi connectivity index (χ0) is 10.4. The van der Waals surface area contributed by atoms with Gasteiger partial charge in [0.2, 0.25) is 0 Å². The van der Waals surface area contributed by atoms with Gasteiger partial charge in [0.15, 0.2) is 0 Å². The van der Waals surface area contributed by atoms with E-state index in [4.69, 9.17) is 16.3 Å². The Morgan fingerprint density at radius 1 is 1.50 bits per heavy atom. The molecule has 1 rings (SSSR count). The van der Waals surface area contributed by atoms with Crippen molar-refractivity contribution in [2.24, 2.45) is 0 Å². The largest absolute Gasteiger partial charge is 0.445 e. The van der Waals surface area contributed by atoms with E-state index >= 15 is 0 Å². The highest BCUT2D eigenvalue weighted by molar-refractivity contribution is 6.30. The summed E-state index contributed by atoms with van der Waals surface area (Å²) >= 11 is 5.67. The van der Waals surface area contributed by atoms with Crippen molar-refractivity contribution < 1.29 is 9.53 Å². The second kappa shape index (κ2) is 5.29. The van der Waals surface area contributed by atoms with Gasteiger partial charge in [-0.25, -0.2) is 4.79 Å². The Morgan fingerprint density at radius 3 is 2.71 bits per heavy atom. The fraction of sp³-hybridized carbons (Fsp3) is 0.100. The summed E-state index contributed by atoms with van der Waals surface area (Å²) in [6.45, 7) is 3.62. The van der Waals surface area contributed by atoms with E-state index in [2.05, 4.69) is 11.9 Å². The minimum absolute atomic E-state index is 0.194. The quantitative estimate of drug-likeness (QED) is 0.781. The van der Waals surface area contributed by atoms with Crippen molar-refractivity contribution in [3.63, 3.8) is 0 Å². The average Bonchev–Trinajstić information content (AvgIpc) is 2.18. The molecule has 1 aromatic carbocycles. The normalized spacial score (nSPS) is 9.21. The van der Waals surface area contributed by atoms with Crippen LogP contribution in [-0.2, 0) is 4.74 Å². The summed E-state index contributed by atoms with van der Waals surface area (Å²) in [5.41, 5.74) is 0.642. The maximum atomic E-state index is 11.0. The third kappa shape index (κ3) is 3.49. The van der Waals surface area contributed by atoms with E-state index in [0.29, 0.717) is 10.7 Å². The van der Waals surface area contributed by atoms with Gasteiger partial charge in [0.1, 0.15) is 6.61 Å². The lowest BCUT2D eigenvalue weighted by molar-refractivity contribution is 0.174. The molecule has 0 saturated carbocycles. The van der Waals surface area contributed by atoms with Crippen LogP contribution in [0.2, 0.25) is 5.02 Å². The summed E-state index contributed by atoms with van der Waals surface area (Å²) in [5, 5.41) is 3.16. The predicted octanol–water partition coefficient (Wildman–Crippen LogP) is 3.07. The number of halogens is 1. The Balaban J connectivity index is 2.47. The Morgan fingerprint density at radius 2 is 2.14 bits per heavy atom. The third-order valence-electron chi connectivity index (χ3n) is 1.42. The number of ether oxygens (including phenoxy) is 1. The molecule has 0 aliphatic heterocycles. The molecule has 0 fully saturated rings. The first-order valence-corrected chi connectivity index (χ1v) is 4.40. The SMILES string of the molecule is C=CCOC(=O)Nc1ccc(Cl)cc1. The number of benzene rings is 1. The van der Waals surface area contributed by atoms with Crippen molar-refractivity contribution in [1.82, 2.24) is 0 Å². The molecule has 0 aliphatic rings. The Labute approximate surface area is 87.3 Å². The molecule has 1 N–H and O–H groups in total.